The van der Waals surface area contributed by atoms with Gasteiger partial charge in [-0.05, 0) is 18.2 Å². The van der Waals surface area contributed by atoms with Gasteiger partial charge in [-0.25, -0.2) is 18.7 Å². The second kappa shape index (κ2) is 11.3. The second-order valence-corrected chi connectivity index (χ2v) is 9.66. The van der Waals surface area contributed by atoms with Crippen LogP contribution < -0.4 is 9.64 Å². The first-order valence-electron chi connectivity index (χ1n) is 12.8. The van der Waals surface area contributed by atoms with Crippen molar-refractivity contribution in [3.63, 3.8) is 0 Å². The molecule has 2 aromatic carbocycles. The van der Waals surface area contributed by atoms with E-state index >= 15 is 4.39 Å². The van der Waals surface area contributed by atoms with E-state index in [1.807, 2.05) is 11.8 Å². The van der Waals surface area contributed by atoms with Crippen LogP contribution in [0.2, 0.25) is 5.02 Å². The van der Waals surface area contributed by atoms with Gasteiger partial charge in [0, 0.05) is 56.6 Å². The van der Waals surface area contributed by atoms with Crippen molar-refractivity contribution in [3.8, 4) is 16.9 Å². The summed E-state index contributed by atoms with van der Waals surface area (Å²) in [5, 5.41) is 0.227. The summed E-state index contributed by atoms with van der Waals surface area (Å²) in [6.45, 7) is 5.01. The van der Waals surface area contributed by atoms with Gasteiger partial charge in [0.25, 0.3) is 5.91 Å². The van der Waals surface area contributed by atoms with Crippen molar-refractivity contribution in [2.75, 3.05) is 64.5 Å². The summed E-state index contributed by atoms with van der Waals surface area (Å²) < 4.78 is 42.0. The summed E-state index contributed by atoms with van der Waals surface area (Å²) in [5.41, 5.74) is -0.516. The van der Waals surface area contributed by atoms with Crippen LogP contribution >= 0.6 is 11.6 Å². The highest BCUT2D eigenvalue weighted by Crippen LogP contribution is 2.42. The minimum atomic E-state index is -0.889. The zero-order valence-electron chi connectivity index (χ0n) is 21.7. The summed E-state index contributed by atoms with van der Waals surface area (Å²) in [5.74, 6) is -1.77. The highest BCUT2D eigenvalue weighted by Gasteiger charge is 2.30. The molecule has 1 aromatic heterocycles. The standard InChI is InChI=1S/C27H28ClF2N5O4/c1-3-20(36)33-7-9-34(10-8-33)26-16-15-17(28)21(22-18(29)5-4-6-19(22)38-2)23(30)24(16)31-25(32-26)27(37)35-11-13-39-14-12-35/h4-6,15H,3,7-14H2,1-2H3. The lowest BCUT2D eigenvalue weighted by Crippen LogP contribution is -2.49. The van der Waals surface area contributed by atoms with Crippen LogP contribution in [0.25, 0.3) is 22.0 Å². The monoisotopic (exact) mass is 559 g/mol. The number of ether oxygens (including phenoxy) is 2. The van der Waals surface area contributed by atoms with E-state index in [2.05, 4.69) is 9.97 Å². The summed E-state index contributed by atoms with van der Waals surface area (Å²) in [6.07, 6.45) is 0.401. The Hall–Kier alpha value is -3.57. The predicted octanol–water partition coefficient (Wildman–Crippen LogP) is 3.77. The average molecular weight is 560 g/mol. The second-order valence-electron chi connectivity index (χ2n) is 9.26. The summed E-state index contributed by atoms with van der Waals surface area (Å²) in [7, 11) is 1.35. The smallest absolute Gasteiger partial charge is 0.291 e. The third-order valence-electron chi connectivity index (χ3n) is 7.03. The van der Waals surface area contributed by atoms with E-state index in [-0.39, 0.29) is 44.5 Å². The topological polar surface area (TPSA) is 88.1 Å². The van der Waals surface area contributed by atoms with Gasteiger partial charge in [0.15, 0.2) is 5.82 Å². The molecule has 2 fully saturated rings. The van der Waals surface area contributed by atoms with E-state index in [0.29, 0.717) is 64.7 Å². The minimum Gasteiger partial charge on any atom is -0.496 e. The Kier molecular flexibility index (Phi) is 7.81. The van der Waals surface area contributed by atoms with Crippen LogP contribution in [0.3, 0.4) is 0 Å². The number of hydrogen-bond acceptors (Lipinski definition) is 7. The molecule has 0 N–H and O–H groups in total. The van der Waals surface area contributed by atoms with Crippen molar-refractivity contribution >= 4 is 40.1 Å². The highest BCUT2D eigenvalue weighted by molar-refractivity contribution is 6.34. The molecule has 2 aliphatic rings. The molecule has 206 valence electrons. The molecular formula is C27H28ClF2N5O4. The Balaban J connectivity index is 1.67. The molecular weight excluding hydrogens is 532 g/mol. The molecule has 0 saturated carbocycles. The Morgan fingerprint density at radius 2 is 1.74 bits per heavy atom. The predicted molar refractivity (Wildman–Crippen MR) is 142 cm³/mol. The molecule has 2 saturated heterocycles. The molecule has 3 heterocycles. The van der Waals surface area contributed by atoms with E-state index in [9.17, 15) is 14.0 Å². The number of amides is 2. The van der Waals surface area contributed by atoms with E-state index in [1.165, 1.54) is 31.4 Å². The number of aromatic nitrogens is 2. The van der Waals surface area contributed by atoms with E-state index < -0.39 is 17.5 Å². The van der Waals surface area contributed by atoms with Crippen LogP contribution in [0.4, 0.5) is 14.6 Å². The van der Waals surface area contributed by atoms with Gasteiger partial charge in [-0.3, -0.25) is 9.59 Å². The molecule has 0 bridgehead atoms. The van der Waals surface area contributed by atoms with Gasteiger partial charge in [0.1, 0.15) is 22.9 Å². The van der Waals surface area contributed by atoms with E-state index in [4.69, 9.17) is 21.1 Å². The number of carbonyl (C=O) groups is 2. The molecule has 9 nitrogen and oxygen atoms in total. The van der Waals surface area contributed by atoms with Crippen molar-refractivity contribution < 1.29 is 27.8 Å². The number of nitrogens with zero attached hydrogens (tertiary/aromatic N) is 5. The summed E-state index contributed by atoms with van der Waals surface area (Å²) >= 11 is 6.58. The van der Waals surface area contributed by atoms with Crippen LogP contribution in [-0.4, -0.2) is 91.2 Å². The molecule has 3 aromatic rings. The van der Waals surface area contributed by atoms with Crippen LogP contribution in [0.15, 0.2) is 24.3 Å². The first kappa shape index (κ1) is 27.0. The number of anilines is 1. The third kappa shape index (κ3) is 5.08. The number of carbonyl (C=O) groups excluding carboxylic acids is 2. The number of benzene rings is 2. The molecule has 0 aliphatic carbocycles. The maximum Gasteiger partial charge on any atom is 0.291 e. The number of hydrogen-bond donors (Lipinski definition) is 0. The van der Waals surface area contributed by atoms with Crippen molar-refractivity contribution in [2.24, 2.45) is 0 Å². The highest BCUT2D eigenvalue weighted by atomic mass is 35.5. The molecule has 5 rings (SSSR count). The zero-order chi connectivity index (χ0) is 27.7. The van der Waals surface area contributed by atoms with Gasteiger partial charge in [-0.2, -0.15) is 0 Å². The third-order valence-corrected chi connectivity index (χ3v) is 7.33. The maximum absolute atomic E-state index is 16.3. The summed E-state index contributed by atoms with van der Waals surface area (Å²) in [4.78, 5) is 39.7. The van der Waals surface area contributed by atoms with Gasteiger partial charge in [-0.15, -0.1) is 0 Å². The molecule has 0 radical (unpaired) electrons. The first-order valence-corrected chi connectivity index (χ1v) is 13.1. The zero-order valence-corrected chi connectivity index (χ0v) is 22.4. The fourth-order valence-corrected chi connectivity index (χ4v) is 5.25. The number of methoxy groups -OCH3 is 1. The summed E-state index contributed by atoms with van der Waals surface area (Å²) in [6, 6.07) is 5.64. The van der Waals surface area contributed by atoms with Crippen LogP contribution in [0.1, 0.15) is 24.0 Å². The molecule has 0 unspecified atom stereocenters. The molecule has 2 aliphatic heterocycles. The van der Waals surface area contributed by atoms with Crippen molar-refractivity contribution in [1.82, 2.24) is 19.8 Å². The van der Waals surface area contributed by atoms with Crippen molar-refractivity contribution in [1.29, 1.82) is 0 Å². The van der Waals surface area contributed by atoms with Gasteiger partial charge < -0.3 is 24.2 Å². The normalized spacial score (nSPS) is 16.1. The van der Waals surface area contributed by atoms with Gasteiger partial charge >= 0.3 is 0 Å². The van der Waals surface area contributed by atoms with E-state index in [1.54, 1.807) is 9.80 Å². The fourth-order valence-electron chi connectivity index (χ4n) is 4.96. The van der Waals surface area contributed by atoms with Gasteiger partial charge in [0.05, 0.1) is 30.9 Å². The molecule has 0 spiro atoms. The van der Waals surface area contributed by atoms with Crippen LogP contribution in [-0.2, 0) is 9.53 Å². The fraction of sp³-hybridized carbons (Fsp3) is 0.407. The number of morpholine rings is 1. The average Bonchev–Trinajstić information content (AvgIpc) is 2.97. The Bertz CT molecular complexity index is 1430. The molecule has 12 heteroatoms. The lowest BCUT2D eigenvalue weighted by atomic mass is 10.0. The maximum atomic E-state index is 16.3. The van der Waals surface area contributed by atoms with Crippen LogP contribution in [0, 0.1) is 11.6 Å². The minimum absolute atomic E-state index is 0.0444. The lowest BCUT2D eigenvalue weighted by molar-refractivity contribution is -0.131. The first-order chi connectivity index (χ1) is 18.8. The quantitative estimate of drug-likeness (QED) is 0.470. The van der Waals surface area contributed by atoms with Crippen LogP contribution in [0.5, 0.6) is 5.75 Å². The largest absolute Gasteiger partial charge is 0.496 e. The molecule has 0 atom stereocenters. The molecule has 39 heavy (non-hydrogen) atoms. The Morgan fingerprint density at radius 1 is 1.03 bits per heavy atom. The lowest BCUT2D eigenvalue weighted by Gasteiger charge is -2.36. The number of fused-ring (bicyclic) bond motifs is 1. The van der Waals surface area contributed by atoms with Gasteiger partial charge in [0.2, 0.25) is 11.7 Å². The number of rotatable bonds is 5. The van der Waals surface area contributed by atoms with Gasteiger partial charge in [-0.1, -0.05) is 24.6 Å². The Morgan fingerprint density at radius 3 is 2.41 bits per heavy atom. The van der Waals surface area contributed by atoms with E-state index in [0.717, 1.165) is 0 Å². The SMILES string of the molecule is CCC(=O)N1CCN(c2nc(C(=O)N3CCOCC3)nc3c(F)c(-c4c(F)cccc4OC)c(Cl)cc23)CC1. The number of halogens is 3. The number of piperazine rings is 1. The van der Waals surface area contributed by atoms with Crippen molar-refractivity contribution in [3.05, 3.63) is 46.7 Å². The molecule has 2 amide bonds. The van der Waals surface area contributed by atoms with Crippen molar-refractivity contribution in [2.45, 2.75) is 13.3 Å². The Labute approximate surface area is 229 Å².